The normalized spacial score (nSPS) is 17.7. The summed E-state index contributed by atoms with van der Waals surface area (Å²) in [6.45, 7) is 9.78. The number of likely N-dealkylation sites (tertiary alicyclic amines) is 1. The van der Waals surface area contributed by atoms with Crippen LogP contribution in [0.4, 0.5) is 0 Å². The van der Waals surface area contributed by atoms with Crippen LogP contribution in [0.2, 0.25) is 0 Å². The first-order valence-electron chi connectivity index (χ1n) is 7.58. The van der Waals surface area contributed by atoms with Crippen LogP contribution in [0.25, 0.3) is 0 Å². The predicted molar refractivity (Wildman–Crippen MR) is 76.7 cm³/mol. The van der Waals surface area contributed by atoms with Crippen molar-refractivity contribution in [3.8, 4) is 0 Å². The molecule has 1 rings (SSSR count). The number of piperidine rings is 1. The van der Waals surface area contributed by atoms with E-state index in [0.29, 0.717) is 6.42 Å². The van der Waals surface area contributed by atoms with Crippen LogP contribution in [-0.2, 0) is 4.79 Å². The highest BCUT2D eigenvalue weighted by atomic mass is 16.1. The molecule has 1 aliphatic rings. The summed E-state index contributed by atoms with van der Waals surface area (Å²) in [7, 11) is 0. The van der Waals surface area contributed by atoms with Gasteiger partial charge in [-0.15, -0.1) is 0 Å². The Morgan fingerprint density at radius 1 is 1.17 bits per heavy atom. The van der Waals surface area contributed by atoms with E-state index in [2.05, 4.69) is 31.0 Å². The summed E-state index contributed by atoms with van der Waals surface area (Å²) in [5, 5.41) is 3.10. The van der Waals surface area contributed by atoms with Crippen LogP contribution in [0.5, 0.6) is 0 Å². The average molecular weight is 254 g/mol. The van der Waals surface area contributed by atoms with E-state index in [1.165, 1.54) is 38.8 Å². The number of amides is 1. The number of hydrogen-bond donors (Lipinski definition) is 1. The third kappa shape index (κ3) is 5.38. The van der Waals surface area contributed by atoms with Gasteiger partial charge < -0.3 is 5.32 Å². The van der Waals surface area contributed by atoms with Gasteiger partial charge in [0.15, 0.2) is 0 Å². The van der Waals surface area contributed by atoms with Gasteiger partial charge in [-0.05, 0) is 46.2 Å². The second kappa shape index (κ2) is 7.78. The monoisotopic (exact) mass is 254 g/mol. The van der Waals surface area contributed by atoms with Crippen molar-refractivity contribution in [1.29, 1.82) is 0 Å². The molecule has 18 heavy (non-hydrogen) atoms. The Labute approximate surface area is 112 Å². The molecule has 3 nitrogen and oxygen atoms in total. The molecule has 1 heterocycles. The topological polar surface area (TPSA) is 32.3 Å². The SMILES string of the molecule is CCCCCC(=O)NCC(C)(C)N1CCCCC1. The molecule has 0 aromatic carbocycles. The fraction of sp³-hybridized carbons (Fsp3) is 0.933. The van der Waals surface area contributed by atoms with E-state index < -0.39 is 0 Å². The van der Waals surface area contributed by atoms with Crippen molar-refractivity contribution in [2.75, 3.05) is 19.6 Å². The first-order valence-corrected chi connectivity index (χ1v) is 7.58. The quantitative estimate of drug-likeness (QED) is 0.708. The van der Waals surface area contributed by atoms with Crippen LogP contribution in [0.1, 0.15) is 65.7 Å². The molecule has 0 atom stereocenters. The zero-order valence-electron chi connectivity index (χ0n) is 12.4. The maximum atomic E-state index is 11.7. The summed E-state index contributed by atoms with van der Waals surface area (Å²) in [5.41, 5.74) is 0.0981. The Kier molecular flexibility index (Phi) is 6.69. The summed E-state index contributed by atoms with van der Waals surface area (Å²) in [5.74, 6) is 0.216. The number of nitrogens with one attached hydrogen (secondary N) is 1. The number of carbonyl (C=O) groups is 1. The second-order valence-corrected chi connectivity index (χ2v) is 6.09. The molecule has 0 aromatic heterocycles. The van der Waals surface area contributed by atoms with Crippen LogP contribution >= 0.6 is 0 Å². The maximum Gasteiger partial charge on any atom is 0.220 e. The van der Waals surface area contributed by atoms with Gasteiger partial charge in [0, 0.05) is 18.5 Å². The maximum absolute atomic E-state index is 11.7. The van der Waals surface area contributed by atoms with E-state index in [9.17, 15) is 4.79 Å². The fourth-order valence-electron chi connectivity index (χ4n) is 2.55. The molecule has 1 fully saturated rings. The van der Waals surface area contributed by atoms with Gasteiger partial charge in [-0.25, -0.2) is 0 Å². The highest BCUT2D eigenvalue weighted by molar-refractivity contribution is 5.75. The molecule has 106 valence electrons. The van der Waals surface area contributed by atoms with Gasteiger partial charge in [0.1, 0.15) is 0 Å². The lowest BCUT2D eigenvalue weighted by molar-refractivity contribution is -0.121. The molecular weight excluding hydrogens is 224 g/mol. The Hall–Kier alpha value is -0.570. The van der Waals surface area contributed by atoms with Gasteiger partial charge >= 0.3 is 0 Å². The van der Waals surface area contributed by atoms with Crippen LogP contribution in [0.3, 0.4) is 0 Å². The van der Waals surface area contributed by atoms with Crippen molar-refractivity contribution in [2.45, 2.75) is 71.3 Å². The standard InChI is InChI=1S/C15H30N2O/c1-4-5-7-10-14(18)16-13-15(2,3)17-11-8-6-9-12-17/h4-13H2,1-3H3,(H,16,18). The van der Waals surface area contributed by atoms with Gasteiger partial charge in [0.05, 0.1) is 0 Å². The molecule has 0 aliphatic carbocycles. The Bertz CT molecular complexity index is 245. The van der Waals surface area contributed by atoms with Crippen LogP contribution < -0.4 is 5.32 Å². The van der Waals surface area contributed by atoms with E-state index in [1.54, 1.807) is 0 Å². The average Bonchev–Trinajstić information content (AvgIpc) is 2.38. The van der Waals surface area contributed by atoms with E-state index in [4.69, 9.17) is 0 Å². The summed E-state index contributed by atoms with van der Waals surface area (Å²) >= 11 is 0. The molecule has 0 aromatic rings. The number of unbranched alkanes of at least 4 members (excludes halogenated alkanes) is 2. The zero-order chi connectivity index (χ0) is 13.4. The van der Waals surface area contributed by atoms with Gasteiger partial charge in [-0.1, -0.05) is 26.2 Å². The van der Waals surface area contributed by atoms with Crippen molar-refractivity contribution in [1.82, 2.24) is 10.2 Å². The molecule has 1 N–H and O–H groups in total. The van der Waals surface area contributed by atoms with E-state index in [0.717, 1.165) is 19.4 Å². The molecule has 1 aliphatic heterocycles. The van der Waals surface area contributed by atoms with Crippen molar-refractivity contribution in [3.05, 3.63) is 0 Å². The van der Waals surface area contributed by atoms with Gasteiger partial charge in [0.2, 0.25) is 5.91 Å². The third-order valence-electron chi connectivity index (χ3n) is 3.94. The van der Waals surface area contributed by atoms with Gasteiger partial charge in [0.25, 0.3) is 0 Å². The summed E-state index contributed by atoms with van der Waals surface area (Å²) in [4.78, 5) is 14.2. The van der Waals surface area contributed by atoms with Gasteiger partial charge in [-0.3, -0.25) is 9.69 Å². The van der Waals surface area contributed by atoms with Crippen molar-refractivity contribution in [3.63, 3.8) is 0 Å². The third-order valence-corrected chi connectivity index (χ3v) is 3.94. The van der Waals surface area contributed by atoms with Crippen LogP contribution in [-0.4, -0.2) is 36.0 Å². The molecular formula is C15H30N2O. The van der Waals surface area contributed by atoms with Crippen molar-refractivity contribution in [2.24, 2.45) is 0 Å². The summed E-state index contributed by atoms with van der Waals surface area (Å²) in [6.07, 6.45) is 7.99. The molecule has 3 heteroatoms. The van der Waals surface area contributed by atoms with Crippen molar-refractivity contribution >= 4 is 5.91 Å². The Balaban J connectivity index is 2.24. The minimum atomic E-state index is 0.0981. The minimum absolute atomic E-state index is 0.0981. The lowest BCUT2D eigenvalue weighted by atomic mass is 9.98. The molecule has 0 unspecified atom stereocenters. The fourth-order valence-corrected chi connectivity index (χ4v) is 2.55. The van der Waals surface area contributed by atoms with Crippen LogP contribution in [0, 0.1) is 0 Å². The number of rotatable bonds is 7. The smallest absolute Gasteiger partial charge is 0.220 e. The Morgan fingerprint density at radius 3 is 2.44 bits per heavy atom. The molecule has 0 spiro atoms. The largest absolute Gasteiger partial charge is 0.354 e. The zero-order valence-corrected chi connectivity index (χ0v) is 12.4. The molecule has 0 bridgehead atoms. The lowest BCUT2D eigenvalue weighted by Crippen LogP contribution is -2.53. The predicted octanol–water partition coefficient (Wildman–Crippen LogP) is 2.95. The van der Waals surface area contributed by atoms with E-state index in [-0.39, 0.29) is 11.4 Å². The highest BCUT2D eigenvalue weighted by Gasteiger charge is 2.27. The first kappa shape index (κ1) is 15.5. The number of hydrogen-bond acceptors (Lipinski definition) is 2. The number of carbonyl (C=O) groups excluding carboxylic acids is 1. The molecule has 0 saturated carbocycles. The van der Waals surface area contributed by atoms with Crippen molar-refractivity contribution < 1.29 is 4.79 Å². The molecule has 0 radical (unpaired) electrons. The summed E-state index contributed by atoms with van der Waals surface area (Å²) < 4.78 is 0. The molecule has 1 amide bonds. The number of nitrogens with zero attached hydrogens (tertiary/aromatic N) is 1. The van der Waals surface area contributed by atoms with E-state index >= 15 is 0 Å². The molecule has 1 saturated heterocycles. The minimum Gasteiger partial charge on any atom is -0.354 e. The lowest BCUT2D eigenvalue weighted by Gasteiger charge is -2.41. The Morgan fingerprint density at radius 2 is 1.83 bits per heavy atom. The van der Waals surface area contributed by atoms with Gasteiger partial charge in [-0.2, -0.15) is 0 Å². The van der Waals surface area contributed by atoms with E-state index in [1.807, 2.05) is 0 Å². The van der Waals surface area contributed by atoms with Crippen LogP contribution in [0.15, 0.2) is 0 Å². The first-order chi connectivity index (χ1) is 8.56. The highest BCUT2D eigenvalue weighted by Crippen LogP contribution is 2.19. The second-order valence-electron chi connectivity index (χ2n) is 6.09. The summed E-state index contributed by atoms with van der Waals surface area (Å²) in [6, 6.07) is 0.